The van der Waals surface area contributed by atoms with Gasteiger partial charge in [0.05, 0.1) is 12.6 Å². The summed E-state index contributed by atoms with van der Waals surface area (Å²) in [5.74, 6) is 0. The molecule has 1 aromatic carbocycles. The molecule has 106 valence electrons. The Bertz CT molecular complexity index is 362. The molecule has 19 heavy (non-hydrogen) atoms. The van der Waals surface area contributed by atoms with Crippen LogP contribution in [0, 0.1) is 0 Å². The van der Waals surface area contributed by atoms with Crippen LogP contribution in [0.25, 0.3) is 0 Å². The lowest BCUT2D eigenvalue weighted by molar-refractivity contribution is -0.533. The van der Waals surface area contributed by atoms with Crippen LogP contribution in [-0.2, 0) is 6.54 Å². The average molecular weight is 263 g/mol. The molecule has 3 nitrogen and oxygen atoms in total. The fourth-order valence-electron chi connectivity index (χ4n) is 2.15. The summed E-state index contributed by atoms with van der Waals surface area (Å²) in [6.07, 6.45) is 1.79. The van der Waals surface area contributed by atoms with Gasteiger partial charge in [0.1, 0.15) is 6.72 Å². The van der Waals surface area contributed by atoms with E-state index in [-0.39, 0.29) is 12.1 Å². The van der Waals surface area contributed by atoms with Crippen molar-refractivity contribution in [2.45, 2.75) is 45.4 Å². The summed E-state index contributed by atoms with van der Waals surface area (Å²) < 4.78 is 2.05. The third-order valence-electron chi connectivity index (χ3n) is 3.27. The van der Waals surface area contributed by atoms with Crippen molar-refractivity contribution in [3.63, 3.8) is 0 Å². The lowest BCUT2D eigenvalue weighted by atomic mass is 10.1. The highest BCUT2D eigenvalue weighted by molar-refractivity contribution is 5.17. The largest absolute Gasteiger partial charge is 0.392 e. The first-order chi connectivity index (χ1) is 9.13. The highest BCUT2D eigenvalue weighted by Gasteiger charge is 2.13. The molecular formula is C16H27N2O+. The van der Waals surface area contributed by atoms with Crippen molar-refractivity contribution in [2.24, 2.45) is 0 Å². The number of aliphatic hydroxyl groups excluding tert-OH is 1. The highest BCUT2D eigenvalue weighted by Crippen LogP contribution is 2.02. The molecule has 0 bridgehead atoms. The molecule has 0 saturated heterocycles. The second-order valence-electron chi connectivity index (χ2n) is 5.13. The third-order valence-corrected chi connectivity index (χ3v) is 3.27. The molecular weight excluding hydrogens is 236 g/mol. The van der Waals surface area contributed by atoms with Crippen molar-refractivity contribution in [1.29, 1.82) is 0 Å². The Labute approximate surface area is 117 Å². The topological polar surface area (TPSA) is 35.3 Å². The van der Waals surface area contributed by atoms with Crippen LogP contribution in [0.15, 0.2) is 30.3 Å². The maximum Gasteiger partial charge on any atom is 0.167 e. The van der Waals surface area contributed by atoms with Crippen LogP contribution in [0.3, 0.4) is 0 Å². The van der Waals surface area contributed by atoms with Gasteiger partial charge in [-0.15, -0.1) is 0 Å². The Balaban J connectivity index is 2.26. The van der Waals surface area contributed by atoms with Crippen molar-refractivity contribution in [2.75, 3.05) is 13.1 Å². The van der Waals surface area contributed by atoms with E-state index in [4.69, 9.17) is 0 Å². The van der Waals surface area contributed by atoms with Gasteiger partial charge in [-0.25, -0.2) is 4.58 Å². The fourth-order valence-corrected chi connectivity index (χ4v) is 2.15. The molecule has 1 rings (SSSR count). The minimum Gasteiger partial charge on any atom is -0.392 e. The number of hydrogen-bond donors (Lipinski definition) is 2. The van der Waals surface area contributed by atoms with Crippen LogP contribution >= 0.6 is 0 Å². The van der Waals surface area contributed by atoms with E-state index in [0.717, 1.165) is 32.5 Å². The van der Waals surface area contributed by atoms with Gasteiger partial charge in [-0.1, -0.05) is 43.7 Å². The number of nitrogens with zero attached hydrogens (tertiary/aromatic N) is 1. The summed E-state index contributed by atoms with van der Waals surface area (Å²) in [6, 6.07) is 10.5. The van der Waals surface area contributed by atoms with Gasteiger partial charge in [-0.3, -0.25) is 0 Å². The lowest BCUT2D eigenvalue weighted by Crippen LogP contribution is -2.40. The van der Waals surface area contributed by atoms with Crippen LogP contribution in [0.4, 0.5) is 0 Å². The van der Waals surface area contributed by atoms with Gasteiger partial charge in [-0.05, 0) is 13.3 Å². The summed E-state index contributed by atoms with van der Waals surface area (Å²) in [5.41, 5.74) is 1.28. The van der Waals surface area contributed by atoms with E-state index in [1.54, 1.807) is 0 Å². The van der Waals surface area contributed by atoms with Gasteiger partial charge in [-0.2, -0.15) is 0 Å². The summed E-state index contributed by atoms with van der Waals surface area (Å²) in [5, 5.41) is 13.1. The van der Waals surface area contributed by atoms with Crippen LogP contribution in [0.5, 0.6) is 0 Å². The molecule has 0 spiro atoms. The summed E-state index contributed by atoms with van der Waals surface area (Å²) >= 11 is 0. The van der Waals surface area contributed by atoms with E-state index in [0.29, 0.717) is 0 Å². The molecule has 3 heteroatoms. The Hall–Kier alpha value is -1.19. The van der Waals surface area contributed by atoms with E-state index in [9.17, 15) is 5.11 Å². The third kappa shape index (κ3) is 6.50. The predicted molar refractivity (Wildman–Crippen MR) is 80.8 cm³/mol. The molecule has 0 fully saturated rings. The number of nitrogens with one attached hydrogen (secondary N) is 1. The molecule has 0 aromatic heterocycles. The fraction of sp³-hybridized carbons (Fsp3) is 0.562. The summed E-state index contributed by atoms with van der Waals surface area (Å²) in [6.45, 7) is 10.6. The van der Waals surface area contributed by atoms with Crippen molar-refractivity contribution < 1.29 is 9.68 Å². The van der Waals surface area contributed by atoms with Crippen molar-refractivity contribution in [3.8, 4) is 0 Å². The average Bonchev–Trinajstić information content (AvgIpc) is 2.38. The first kappa shape index (κ1) is 15.9. The zero-order chi connectivity index (χ0) is 14.1. The van der Waals surface area contributed by atoms with Crippen LogP contribution in [0.2, 0.25) is 0 Å². The Kier molecular flexibility index (Phi) is 7.38. The molecule has 0 aliphatic rings. The molecule has 2 N–H and O–H groups in total. The normalized spacial score (nSPS) is 14.1. The zero-order valence-corrected chi connectivity index (χ0v) is 12.2. The van der Waals surface area contributed by atoms with Gasteiger partial charge in [0.2, 0.25) is 0 Å². The number of hydrogen-bond acceptors (Lipinski definition) is 2. The predicted octanol–water partition coefficient (Wildman–Crippen LogP) is 2.04. The molecule has 0 aliphatic heterocycles. The summed E-state index contributed by atoms with van der Waals surface area (Å²) in [7, 11) is 0. The first-order valence-electron chi connectivity index (χ1n) is 7.14. The second kappa shape index (κ2) is 8.83. The molecule has 1 aromatic rings. The monoisotopic (exact) mass is 263 g/mol. The van der Waals surface area contributed by atoms with Crippen LogP contribution < -0.4 is 5.32 Å². The van der Waals surface area contributed by atoms with E-state index in [2.05, 4.69) is 31.1 Å². The standard InChI is InChI=1S/C16H27N2O/c1-4-8-16(14(2)19)17-11-12-18(3)13-15-9-6-5-7-10-15/h5-7,9-10,14,16-17,19H,3-4,8,11-13H2,1-2H3/q+1. The zero-order valence-electron chi connectivity index (χ0n) is 12.2. The maximum absolute atomic E-state index is 9.65. The van der Waals surface area contributed by atoms with E-state index < -0.39 is 0 Å². The van der Waals surface area contributed by atoms with Gasteiger partial charge in [0.15, 0.2) is 13.1 Å². The van der Waals surface area contributed by atoms with E-state index >= 15 is 0 Å². The van der Waals surface area contributed by atoms with Gasteiger partial charge in [0, 0.05) is 11.6 Å². The van der Waals surface area contributed by atoms with E-state index in [1.807, 2.05) is 29.7 Å². The SMILES string of the molecule is C=[N+](CCNC(CCC)C(C)O)Cc1ccccc1. The molecule has 0 amide bonds. The van der Waals surface area contributed by atoms with Gasteiger partial charge < -0.3 is 10.4 Å². The Morgan fingerprint density at radius 3 is 2.58 bits per heavy atom. The number of benzene rings is 1. The van der Waals surface area contributed by atoms with Gasteiger partial charge in [0.25, 0.3) is 0 Å². The first-order valence-corrected chi connectivity index (χ1v) is 7.14. The maximum atomic E-state index is 9.65. The second-order valence-corrected chi connectivity index (χ2v) is 5.13. The van der Waals surface area contributed by atoms with Crippen LogP contribution in [-0.4, -0.2) is 41.6 Å². The Morgan fingerprint density at radius 1 is 1.32 bits per heavy atom. The molecule has 0 radical (unpaired) electrons. The smallest absolute Gasteiger partial charge is 0.167 e. The minimum atomic E-state index is -0.299. The van der Waals surface area contributed by atoms with E-state index in [1.165, 1.54) is 5.56 Å². The minimum absolute atomic E-state index is 0.190. The quantitative estimate of drug-likeness (QED) is 0.528. The summed E-state index contributed by atoms with van der Waals surface area (Å²) in [4.78, 5) is 0. The number of aliphatic hydroxyl groups is 1. The van der Waals surface area contributed by atoms with Gasteiger partial charge >= 0.3 is 0 Å². The molecule has 0 saturated carbocycles. The highest BCUT2D eigenvalue weighted by atomic mass is 16.3. The van der Waals surface area contributed by atoms with Crippen molar-refractivity contribution >= 4 is 6.72 Å². The van der Waals surface area contributed by atoms with Crippen molar-refractivity contribution in [1.82, 2.24) is 5.32 Å². The van der Waals surface area contributed by atoms with Crippen LogP contribution in [0.1, 0.15) is 32.3 Å². The van der Waals surface area contributed by atoms with Crippen molar-refractivity contribution in [3.05, 3.63) is 35.9 Å². The Morgan fingerprint density at radius 2 is 2.00 bits per heavy atom. The molecule has 2 unspecified atom stereocenters. The number of rotatable bonds is 9. The molecule has 0 heterocycles. The lowest BCUT2D eigenvalue weighted by Gasteiger charge is -2.20. The molecule has 0 aliphatic carbocycles. The molecule has 2 atom stereocenters.